The zero-order chi connectivity index (χ0) is 17.9. The molecular formula is C18H25N5O2. The Morgan fingerprint density at radius 3 is 2.80 bits per heavy atom. The van der Waals surface area contributed by atoms with E-state index in [0.29, 0.717) is 29.3 Å². The molecule has 1 aliphatic heterocycles. The number of hydrogen-bond donors (Lipinski definition) is 2. The lowest BCUT2D eigenvalue weighted by Crippen LogP contribution is -2.34. The molecule has 1 amide bonds. The fourth-order valence-electron chi connectivity index (χ4n) is 4.68. The normalized spacial score (nSPS) is 25.8. The van der Waals surface area contributed by atoms with Crippen molar-refractivity contribution in [1.29, 1.82) is 0 Å². The van der Waals surface area contributed by atoms with E-state index in [1.165, 1.54) is 0 Å². The maximum atomic E-state index is 12.8. The smallest absolute Gasteiger partial charge is 0.273 e. The minimum atomic E-state index is -0.155. The van der Waals surface area contributed by atoms with Gasteiger partial charge in [0.05, 0.1) is 11.8 Å². The highest BCUT2D eigenvalue weighted by Gasteiger charge is 2.42. The zero-order valence-electron chi connectivity index (χ0n) is 15.0. The van der Waals surface area contributed by atoms with Gasteiger partial charge in [-0.05, 0) is 49.7 Å². The number of amides is 1. The summed E-state index contributed by atoms with van der Waals surface area (Å²) < 4.78 is 1.63. The van der Waals surface area contributed by atoms with Crippen LogP contribution in [0.3, 0.4) is 0 Å². The van der Waals surface area contributed by atoms with Crippen molar-refractivity contribution in [3.8, 4) is 0 Å². The standard InChI is InChI=1S/C18H25N5O2/c1-9-12(10(2)20-17-16(9)18(25)21-22(17)3)6-15(24)23-7-11-4-5-14(19)13(11)8-23/h11,13-14H,4-8,19H2,1-3H3,(H,21,25). The summed E-state index contributed by atoms with van der Waals surface area (Å²) >= 11 is 0. The number of carbonyl (C=O) groups excluding carboxylic acids is 1. The topological polar surface area (TPSA) is 97.0 Å². The number of carbonyl (C=O) groups is 1. The van der Waals surface area contributed by atoms with Gasteiger partial charge in [-0.1, -0.05) is 0 Å². The van der Waals surface area contributed by atoms with Crippen LogP contribution in [-0.4, -0.2) is 44.7 Å². The van der Waals surface area contributed by atoms with Crippen LogP contribution >= 0.6 is 0 Å². The van der Waals surface area contributed by atoms with Gasteiger partial charge in [0.2, 0.25) is 5.91 Å². The molecule has 2 aromatic heterocycles. The Morgan fingerprint density at radius 2 is 2.08 bits per heavy atom. The number of fused-ring (bicyclic) bond motifs is 2. The van der Waals surface area contributed by atoms with Gasteiger partial charge in [0, 0.05) is 31.9 Å². The third kappa shape index (κ3) is 2.49. The van der Waals surface area contributed by atoms with Gasteiger partial charge < -0.3 is 10.6 Å². The van der Waals surface area contributed by atoms with Crippen molar-refractivity contribution >= 4 is 16.9 Å². The zero-order valence-corrected chi connectivity index (χ0v) is 15.0. The van der Waals surface area contributed by atoms with Gasteiger partial charge in [-0.2, -0.15) is 0 Å². The molecule has 3 unspecified atom stereocenters. The molecular weight excluding hydrogens is 318 g/mol. The first kappa shape index (κ1) is 16.3. The molecule has 3 heterocycles. The van der Waals surface area contributed by atoms with Crippen LogP contribution < -0.4 is 11.3 Å². The summed E-state index contributed by atoms with van der Waals surface area (Å²) in [5.41, 5.74) is 9.19. The molecule has 7 nitrogen and oxygen atoms in total. The van der Waals surface area contributed by atoms with Crippen LogP contribution in [0.2, 0.25) is 0 Å². The van der Waals surface area contributed by atoms with E-state index >= 15 is 0 Å². The van der Waals surface area contributed by atoms with E-state index in [9.17, 15) is 9.59 Å². The molecule has 0 bridgehead atoms. The number of aromatic nitrogens is 3. The molecule has 7 heteroatoms. The molecule has 0 aromatic carbocycles. The molecule has 3 N–H and O–H groups in total. The predicted molar refractivity (Wildman–Crippen MR) is 95.3 cm³/mol. The first-order valence-electron chi connectivity index (χ1n) is 8.95. The fraction of sp³-hybridized carbons (Fsp3) is 0.611. The lowest BCUT2D eigenvalue weighted by atomic mass is 9.98. The van der Waals surface area contributed by atoms with Crippen molar-refractivity contribution in [1.82, 2.24) is 19.7 Å². The number of nitrogens with one attached hydrogen (secondary N) is 1. The summed E-state index contributed by atoms with van der Waals surface area (Å²) in [7, 11) is 1.77. The van der Waals surface area contributed by atoms with Crippen molar-refractivity contribution in [2.24, 2.45) is 24.6 Å². The molecule has 0 radical (unpaired) electrons. The Hall–Kier alpha value is -2.15. The molecule has 1 saturated carbocycles. The number of nitrogens with zero attached hydrogens (tertiary/aromatic N) is 3. The molecule has 25 heavy (non-hydrogen) atoms. The molecule has 134 valence electrons. The first-order chi connectivity index (χ1) is 11.9. The largest absolute Gasteiger partial charge is 0.342 e. The highest BCUT2D eigenvalue weighted by atomic mass is 16.2. The monoisotopic (exact) mass is 343 g/mol. The number of aryl methyl sites for hydroxylation is 3. The van der Waals surface area contributed by atoms with Crippen LogP contribution in [0.25, 0.3) is 11.0 Å². The third-order valence-electron chi connectivity index (χ3n) is 6.17. The van der Waals surface area contributed by atoms with Gasteiger partial charge in [-0.25, -0.2) is 4.98 Å². The minimum absolute atomic E-state index is 0.112. The summed E-state index contributed by atoms with van der Waals surface area (Å²) in [6.07, 6.45) is 2.50. The van der Waals surface area contributed by atoms with E-state index < -0.39 is 0 Å². The minimum Gasteiger partial charge on any atom is -0.342 e. The Kier molecular flexibility index (Phi) is 3.72. The van der Waals surface area contributed by atoms with E-state index in [2.05, 4.69) is 10.1 Å². The summed E-state index contributed by atoms with van der Waals surface area (Å²) in [6, 6.07) is 0.229. The predicted octanol–water partition coefficient (Wildman–Crippen LogP) is 0.617. The molecule has 3 atom stereocenters. The van der Waals surface area contributed by atoms with Crippen LogP contribution in [0.15, 0.2) is 4.79 Å². The SMILES string of the molecule is Cc1nc2c(c(C)c1CC(=O)N1CC3CCC(N)C3C1)c(=O)[nH]n2C. The van der Waals surface area contributed by atoms with Crippen LogP contribution in [-0.2, 0) is 18.3 Å². The molecule has 2 fully saturated rings. The van der Waals surface area contributed by atoms with Gasteiger partial charge in [0.15, 0.2) is 5.65 Å². The number of rotatable bonds is 2. The Balaban J connectivity index is 1.62. The fourth-order valence-corrected chi connectivity index (χ4v) is 4.68. The third-order valence-corrected chi connectivity index (χ3v) is 6.17. The number of nitrogens with two attached hydrogens (primary N) is 1. The molecule has 1 saturated heterocycles. The van der Waals surface area contributed by atoms with Crippen molar-refractivity contribution in [2.45, 2.75) is 39.2 Å². The summed E-state index contributed by atoms with van der Waals surface area (Å²) in [5.74, 6) is 1.11. The lowest BCUT2D eigenvalue weighted by molar-refractivity contribution is -0.129. The first-order valence-corrected chi connectivity index (χ1v) is 8.95. The summed E-state index contributed by atoms with van der Waals surface area (Å²) in [6.45, 7) is 5.39. The average Bonchev–Trinajstić information content (AvgIpc) is 3.20. The molecule has 1 aliphatic carbocycles. The van der Waals surface area contributed by atoms with Crippen molar-refractivity contribution in [2.75, 3.05) is 13.1 Å². The van der Waals surface area contributed by atoms with E-state index in [-0.39, 0.29) is 17.5 Å². The Labute approximate surface area is 146 Å². The molecule has 2 aliphatic rings. The van der Waals surface area contributed by atoms with Crippen LogP contribution in [0.1, 0.15) is 29.7 Å². The average molecular weight is 343 g/mol. The van der Waals surface area contributed by atoms with E-state index in [1.807, 2.05) is 18.7 Å². The number of pyridine rings is 1. The number of likely N-dealkylation sites (tertiary alicyclic amines) is 1. The maximum absolute atomic E-state index is 12.8. The number of H-pyrrole nitrogens is 1. The molecule has 4 rings (SSSR count). The van der Waals surface area contributed by atoms with E-state index in [4.69, 9.17) is 5.73 Å². The Morgan fingerprint density at radius 1 is 1.32 bits per heavy atom. The highest BCUT2D eigenvalue weighted by Crippen LogP contribution is 2.37. The van der Waals surface area contributed by atoms with Gasteiger partial charge in [0.1, 0.15) is 0 Å². The highest BCUT2D eigenvalue weighted by molar-refractivity contribution is 5.84. The van der Waals surface area contributed by atoms with Crippen LogP contribution in [0.5, 0.6) is 0 Å². The molecule has 2 aromatic rings. The van der Waals surface area contributed by atoms with E-state index in [0.717, 1.165) is 42.8 Å². The number of hydrogen-bond acceptors (Lipinski definition) is 4. The summed E-state index contributed by atoms with van der Waals surface area (Å²) in [4.78, 5) is 31.5. The van der Waals surface area contributed by atoms with Crippen molar-refractivity contribution in [3.05, 3.63) is 27.2 Å². The second kappa shape index (κ2) is 5.69. The Bertz CT molecular complexity index is 912. The van der Waals surface area contributed by atoms with Crippen LogP contribution in [0, 0.1) is 25.7 Å². The van der Waals surface area contributed by atoms with Gasteiger partial charge >= 0.3 is 0 Å². The second-order valence-corrected chi connectivity index (χ2v) is 7.64. The molecule has 0 spiro atoms. The quantitative estimate of drug-likeness (QED) is 0.835. The van der Waals surface area contributed by atoms with Gasteiger partial charge in [-0.3, -0.25) is 19.4 Å². The summed E-state index contributed by atoms with van der Waals surface area (Å²) in [5, 5.41) is 3.32. The van der Waals surface area contributed by atoms with Crippen molar-refractivity contribution < 1.29 is 4.79 Å². The van der Waals surface area contributed by atoms with Crippen molar-refractivity contribution in [3.63, 3.8) is 0 Å². The lowest BCUT2D eigenvalue weighted by Gasteiger charge is -2.20. The maximum Gasteiger partial charge on any atom is 0.273 e. The number of aromatic amines is 1. The van der Waals surface area contributed by atoms with Gasteiger partial charge in [0.25, 0.3) is 5.56 Å². The second-order valence-electron chi connectivity index (χ2n) is 7.64. The van der Waals surface area contributed by atoms with Gasteiger partial charge in [-0.15, -0.1) is 0 Å². The van der Waals surface area contributed by atoms with Crippen LogP contribution in [0.4, 0.5) is 0 Å². The van der Waals surface area contributed by atoms with E-state index in [1.54, 1.807) is 11.7 Å².